The number of carbonyl (C=O) groups is 1. The van der Waals surface area contributed by atoms with Gasteiger partial charge >= 0.3 is 6.18 Å². The van der Waals surface area contributed by atoms with E-state index < -0.39 is 17.6 Å². The second-order valence-corrected chi connectivity index (χ2v) is 5.20. The van der Waals surface area contributed by atoms with E-state index in [9.17, 15) is 18.0 Å². The van der Waals surface area contributed by atoms with Crippen molar-refractivity contribution >= 4 is 23.4 Å². The molecule has 2 heterocycles. The first-order valence-corrected chi connectivity index (χ1v) is 6.94. The smallest absolute Gasteiger partial charge is 0.368 e. The fourth-order valence-electron chi connectivity index (χ4n) is 2.50. The summed E-state index contributed by atoms with van der Waals surface area (Å²) >= 11 is 0. The highest BCUT2D eigenvalue weighted by Gasteiger charge is 2.33. The molecule has 1 aromatic carbocycles. The van der Waals surface area contributed by atoms with Crippen molar-refractivity contribution in [1.29, 1.82) is 0 Å². The molecule has 24 heavy (non-hydrogen) atoms. The topological polar surface area (TPSA) is 106 Å². The lowest BCUT2D eigenvalue weighted by Crippen LogP contribution is -2.23. The van der Waals surface area contributed by atoms with Crippen molar-refractivity contribution in [2.45, 2.75) is 12.6 Å². The highest BCUT2D eigenvalue weighted by molar-refractivity contribution is 6.37. The van der Waals surface area contributed by atoms with Gasteiger partial charge in [-0.05, 0) is 23.3 Å². The Morgan fingerprint density at radius 2 is 1.71 bits per heavy atom. The van der Waals surface area contributed by atoms with Crippen LogP contribution in [0.1, 0.15) is 11.1 Å². The zero-order valence-electron chi connectivity index (χ0n) is 12.3. The summed E-state index contributed by atoms with van der Waals surface area (Å²) in [5.74, 6) is -0.615. The predicted molar refractivity (Wildman–Crippen MR) is 82.7 cm³/mol. The number of fused-ring (bicyclic) bond motifs is 1. The minimum atomic E-state index is -4.40. The van der Waals surface area contributed by atoms with Crippen LogP contribution in [0.4, 0.5) is 13.2 Å². The van der Waals surface area contributed by atoms with Gasteiger partial charge in [-0.3, -0.25) is 4.79 Å². The molecule has 1 aromatic rings. The molecule has 6 nitrogen and oxygen atoms in total. The van der Waals surface area contributed by atoms with Gasteiger partial charge in [0.15, 0.2) is 5.84 Å². The monoisotopic (exact) mass is 335 g/mol. The van der Waals surface area contributed by atoms with Crippen LogP contribution < -0.4 is 11.5 Å². The van der Waals surface area contributed by atoms with E-state index >= 15 is 0 Å². The number of nitrogens with zero attached hydrogens (tertiary/aromatic N) is 3. The molecule has 0 saturated heterocycles. The number of aliphatic imine (C=N–C) groups is 3. The highest BCUT2D eigenvalue weighted by Crippen LogP contribution is 2.30. The quantitative estimate of drug-likeness (QED) is 0.867. The second-order valence-electron chi connectivity index (χ2n) is 5.20. The summed E-state index contributed by atoms with van der Waals surface area (Å²) in [4.78, 5) is 23.7. The zero-order valence-corrected chi connectivity index (χ0v) is 12.3. The van der Waals surface area contributed by atoms with Gasteiger partial charge in [-0.1, -0.05) is 12.1 Å². The van der Waals surface area contributed by atoms with E-state index in [4.69, 9.17) is 11.5 Å². The number of hydrogen-bond donors (Lipinski definition) is 2. The van der Waals surface area contributed by atoms with Crippen molar-refractivity contribution in [3.05, 3.63) is 46.5 Å². The maximum Gasteiger partial charge on any atom is 0.416 e. The van der Waals surface area contributed by atoms with Gasteiger partial charge in [0.2, 0.25) is 5.96 Å². The number of amides is 1. The molecule has 4 N–H and O–H groups in total. The Bertz CT molecular complexity index is 832. The fraction of sp³-hybridized carbons (Fsp3) is 0.200. The van der Waals surface area contributed by atoms with Crippen molar-refractivity contribution in [1.82, 2.24) is 0 Å². The number of alkyl halides is 3. The van der Waals surface area contributed by atoms with Crippen LogP contribution in [0.3, 0.4) is 0 Å². The molecule has 2 aliphatic heterocycles. The van der Waals surface area contributed by atoms with Crippen molar-refractivity contribution in [2.24, 2.45) is 26.4 Å². The molecule has 0 saturated carbocycles. The Kier molecular flexibility index (Phi) is 3.80. The van der Waals surface area contributed by atoms with E-state index in [2.05, 4.69) is 15.0 Å². The summed E-state index contributed by atoms with van der Waals surface area (Å²) in [6.07, 6.45) is -4.20. The van der Waals surface area contributed by atoms with Crippen LogP contribution in [-0.4, -0.2) is 30.0 Å². The van der Waals surface area contributed by atoms with Crippen LogP contribution in [0, 0.1) is 0 Å². The maximum atomic E-state index is 12.6. The molecule has 0 atom stereocenters. The lowest BCUT2D eigenvalue weighted by molar-refractivity contribution is -0.137. The third-order valence-corrected chi connectivity index (χ3v) is 3.62. The molecule has 1 amide bonds. The Morgan fingerprint density at radius 1 is 1.04 bits per heavy atom. The molecular formula is C15H12F3N5O. The highest BCUT2D eigenvalue weighted by atomic mass is 19.4. The third kappa shape index (κ3) is 2.85. The Morgan fingerprint density at radius 3 is 2.29 bits per heavy atom. The van der Waals surface area contributed by atoms with Crippen LogP contribution >= 0.6 is 0 Å². The van der Waals surface area contributed by atoms with Gasteiger partial charge in [-0.15, -0.1) is 0 Å². The predicted octanol–water partition coefficient (Wildman–Crippen LogP) is 1.21. The number of halogens is 3. The van der Waals surface area contributed by atoms with Gasteiger partial charge in [0.05, 0.1) is 16.8 Å². The third-order valence-electron chi connectivity index (χ3n) is 3.62. The van der Waals surface area contributed by atoms with Crippen LogP contribution in [0.25, 0.3) is 0 Å². The van der Waals surface area contributed by atoms with Crippen molar-refractivity contribution < 1.29 is 18.0 Å². The lowest BCUT2D eigenvalue weighted by Gasteiger charge is -2.11. The molecule has 0 fully saturated rings. The number of benzene rings is 1. The molecule has 0 unspecified atom stereocenters. The van der Waals surface area contributed by atoms with Crippen molar-refractivity contribution in [2.75, 3.05) is 6.54 Å². The fourth-order valence-corrected chi connectivity index (χ4v) is 2.50. The van der Waals surface area contributed by atoms with Gasteiger partial charge < -0.3 is 11.5 Å². The minimum Gasteiger partial charge on any atom is -0.368 e. The first kappa shape index (κ1) is 16.1. The summed E-state index contributed by atoms with van der Waals surface area (Å²) in [6.45, 7) is 0.0612. The molecule has 0 aromatic heterocycles. The Hall–Kier alpha value is -2.81. The average molecular weight is 335 g/mol. The molecule has 0 bridgehead atoms. The molecular weight excluding hydrogens is 323 g/mol. The van der Waals surface area contributed by atoms with E-state index in [0.717, 1.165) is 12.1 Å². The number of nitrogens with two attached hydrogens (primary N) is 2. The van der Waals surface area contributed by atoms with Crippen molar-refractivity contribution in [3.8, 4) is 0 Å². The first-order valence-electron chi connectivity index (χ1n) is 6.94. The first-order chi connectivity index (χ1) is 11.3. The summed E-state index contributed by atoms with van der Waals surface area (Å²) in [5, 5.41) is 0. The van der Waals surface area contributed by atoms with E-state index in [1.165, 1.54) is 12.1 Å². The molecule has 2 aliphatic rings. The number of carbonyl (C=O) groups excluding carboxylic acids is 1. The normalized spacial score (nSPS) is 17.5. The standard InChI is InChI=1S/C15H12F3N5O/c16-15(17,18)8-3-1-7(2-4-8)5-9-10(6-19)21-12-11(9)13(24)23-14(20)22-12/h1-4H,5-6,19H2,(H2,20,23,24). The van der Waals surface area contributed by atoms with Crippen molar-refractivity contribution in [3.63, 3.8) is 0 Å². The van der Waals surface area contributed by atoms with Gasteiger partial charge in [0.1, 0.15) is 0 Å². The summed E-state index contributed by atoms with van der Waals surface area (Å²) < 4.78 is 37.9. The number of rotatable bonds is 3. The largest absolute Gasteiger partial charge is 0.416 e. The molecule has 0 radical (unpaired) electrons. The number of guanidine groups is 1. The van der Waals surface area contributed by atoms with E-state index in [1.54, 1.807) is 0 Å². The Labute approximate surface area is 134 Å². The summed E-state index contributed by atoms with van der Waals surface area (Å²) in [5.41, 5.74) is 12.1. The molecule has 9 heteroatoms. The molecule has 0 spiro atoms. The van der Waals surface area contributed by atoms with Crippen LogP contribution in [0.2, 0.25) is 0 Å². The van der Waals surface area contributed by atoms with Crippen LogP contribution in [0.5, 0.6) is 0 Å². The second kappa shape index (κ2) is 5.68. The van der Waals surface area contributed by atoms with E-state index in [-0.39, 0.29) is 30.3 Å². The number of hydrogen-bond acceptors (Lipinski definition) is 5. The molecule has 3 rings (SSSR count). The van der Waals surface area contributed by atoms with Crippen LogP contribution in [-0.2, 0) is 17.4 Å². The molecule has 0 aliphatic carbocycles. The zero-order chi connectivity index (χ0) is 17.5. The maximum absolute atomic E-state index is 12.6. The van der Waals surface area contributed by atoms with Gasteiger partial charge in [-0.2, -0.15) is 23.2 Å². The van der Waals surface area contributed by atoms with E-state index in [1.807, 2.05) is 0 Å². The SMILES string of the molecule is NCC1=NC2=NC(N)=NC(=O)C2=C1Cc1ccc(C(F)(F)F)cc1. The Balaban J connectivity index is 1.95. The minimum absolute atomic E-state index is 0.0612. The van der Waals surface area contributed by atoms with Gasteiger partial charge in [0.25, 0.3) is 5.91 Å². The summed E-state index contributed by atoms with van der Waals surface area (Å²) in [7, 11) is 0. The number of amidine groups is 1. The lowest BCUT2D eigenvalue weighted by atomic mass is 9.96. The summed E-state index contributed by atoms with van der Waals surface area (Å²) in [6, 6.07) is 4.68. The van der Waals surface area contributed by atoms with Gasteiger partial charge in [-0.25, -0.2) is 4.99 Å². The average Bonchev–Trinajstić information content (AvgIpc) is 2.84. The van der Waals surface area contributed by atoms with Crippen LogP contribution in [0.15, 0.2) is 50.4 Å². The van der Waals surface area contributed by atoms with E-state index in [0.29, 0.717) is 16.8 Å². The molecule has 124 valence electrons. The van der Waals surface area contributed by atoms with Gasteiger partial charge in [0, 0.05) is 13.0 Å².